The van der Waals surface area contributed by atoms with Crippen LogP contribution < -0.4 is 10.1 Å². The standard InChI is InChI=1S/C10H11FN2O3/c11-9-5-7(13(14)15)1-2-10(9)16-8-3-4-12-6-8/h1-2,5,8,12H,3-4,6H2. The molecule has 1 N–H and O–H groups in total. The molecular weight excluding hydrogens is 215 g/mol. The van der Waals surface area contributed by atoms with E-state index in [9.17, 15) is 14.5 Å². The van der Waals surface area contributed by atoms with Crippen LogP contribution in [0.4, 0.5) is 10.1 Å². The maximum atomic E-state index is 13.4. The van der Waals surface area contributed by atoms with E-state index in [0.717, 1.165) is 19.0 Å². The first-order valence-corrected chi connectivity index (χ1v) is 4.98. The monoisotopic (exact) mass is 226 g/mol. The van der Waals surface area contributed by atoms with Gasteiger partial charge < -0.3 is 10.1 Å². The second-order valence-corrected chi connectivity index (χ2v) is 3.60. The van der Waals surface area contributed by atoms with E-state index >= 15 is 0 Å². The van der Waals surface area contributed by atoms with Crippen LogP contribution in [-0.4, -0.2) is 24.1 Å². The molecule has 16 heavy (non-hydrogen) atoms. The first-order chi connectivity index (χ1) is 7.66. The Bertz CT molecular complexity index is 405. The Morgan fingerprint density at radius 2 is 2.38 bits per heavy atom. The fourth-order valence-electron chi connectivity index (χ4n) is 1.61. The third-order valence-electron chi connectivity index (χ3n) is 2.44. The van der Waals surface area contributed by atoms with Gasteiger partial charge in [-0.2, -0.15) is 0 Å². The summed E-state index contributed by atoms with van der Waals surface area (Å²) >= 11 is 0. The quantitative estimate of drug-likeness (QED) is 0.626. The van der Waals surface area contributed by atoms with Crippen LogP contribution in [0.1, 0.15) is 6.42 Å². The number of rotatable bonds is 3. The van der Waals surface area contributed by atoms with Crippen molar-refractivity contribution in [3.8, 4) is 5.75 Å². The van der Waals surface area contributed by atoms with E-state index in [4.69, 9.17) is 4.74 Å². The van der Waals surface area contributed by atoms with Gasteiger partial charge in [-0.3, -0.25) is 10.1 Å². The van der Waals surface area contributed by atoms with Gasteiger partial charge in [0.15, 0.2) is 11.6 Å². The molecule has 0 spiro atoms. The minimum Gasteiger partial charge on any atom is -0.486 e. The fourth-order valence-corrected chi connectivity index (χ4v) is 1.61. The largest absolute Gasteiger partial charge is 0.486 e. The van der Waals surface area contributed by atoms with Crippen LogP contribution in [0.5, 0.6) is 5.75 Å². The zero-order chi connectivity index (χ0) is 11.5. The summed E-state index contributed by atoms with van der Waals surface area (Å²) in [5.41, 5.74) is -0.269. The molecule has 5 nitrogen and oxygen atoms in total. The molecule has 1 aromatic carbocycles. The van der Waals surface area contributed by atoms with Crippen molar-refractivity contribution >= 4 is 5.69 Å². The SMILES string of the molecule is O=[N+]([O-])c1ccc(OC2CCNC2)c(F)c1. The predicted molar refractivity (Wildman–Crippen MR) is 55.0 cm³/mol. The summed E-state index contributed by atoms with van der Waals surface area (Å²) in [7, 11) is 0. The van der Waals surface area contributed by atoms with Gasteiger partial charge in [-0.05, 0) is 19.0 Å². The average molecular weight is 226 g/mol. The molecule has 1 atom stereocenters. The summed E-state index contributed by atoms with van der Waals surface area (Å²) < 4.78 is 18.8. The molecule has 1 aliphatic heterocycles. The molecule has 1 heterocycles. The van der Waals surface area contributed by atoms with E-state index in [2.05, 4.69) is 5.32 Å². The van der Waals surface area contributed by atoms with Crippen molar-refractivity contribution in [2.75, 3.05) is 13.1 Å². The molecule has 1 fully saturated rings. The molecule has 1 aliphatic rings. The minimum absolute atomic E-state index is 0.0593. The molecule has 1 unspecified atom stereocenters. The molecule has 0 radical (unpaired) electrons. The predicted octanol–water partition coefficient (Wildman–Crippen LogP) is 1.47. The van der Waals surface area contributed by atoms with Gasteiger partial charge in [0.1, 0.15) is 6.10 Å². The fraction of sp³-hybridized carbons (Fsp3) is 0.400. The van der Waals surface area contributed by atoms with Crippen molar-refractivity contribution in [3.05, 3.63) is 34.1 Å². The molecule has 0 aromatic heterocycles. The lowest BCUT2D eigenvalue weighted by atomic mass is 10.2. The molecular formula is C10H11FN2O3. The molecule has 0 saturated carbocycles. The van der Waals surface area contributed by atoms with Crippen molar-refractivity contribution < 1.29 is 14.1 Å². The van der Waals surface area contributed by atoms with Crippen LogP contribution in [-0.2, 0) is 0 Å². The van der Waals surface area contributed by atoms with E-state index < -0.39 is 10.7 Å². The van der Waals surface area contributed by atoms with Crippen molar-refractivity contribution in [3.63, 3.8) is 0 Å². The van der Waals surface area contributed by atoms with Gasteiger partial charge in [0.25, 0.3) is 5.69 Å². The van der Waals surface area contributed by atoms with Crippen molar-refractivity contribution in [1.29, 1.82) is 0 Å². The summed E-state index contributed by atoms with van der Waals surface area (Å²) in [6.07, 6.45) is 0.757. The van der Waals surface area contributed by atoms with E-state index in [-0.39, 0.29) is 17.5 Å². The maximum Gasteiger partial charge on any atom is 0.272 e. The lowest BCUT2D eigenvalue weighted by Gasteiger charge is -2.12. The Morgan fingerprint density at radius 3 is 2.94 bits per heavy atom. The third-order valence-corrected chi connectivity index (χ3v) is 2.44. The van der Waals surface area contributed by atoms with Crippen molar-refractivity contribution in [2.24, 2.45) is 0 Å². The van der Waals surface area contributed by atoms with Crippen molar-refractivity contribution in [2.45, 2.75) is 12.5 Å². The zero-order valence-electron chi connectivity index (χ0n) is 8.48. The molecule has 1 aromatic rings. The number of hydrogen-bond acceptors (Lipinski definition) is 4. The lowest BCUT2D eigenvalue weighted by molar-refractivity contribution is -0.385. The van der Waals surface area contributed by atoms with Gasteiger partial charge in [0.2, 0.25) is 0 Å². The van der Waals surface area contributed by atoms with Crippen LogP contribution in [0, 0.1) is 15.9 Å². The highest BCUT2D eigenvalue weighted by atomic mass is 19.1. The third kappa shape index (κ3) is 2.27. The van der Waals surface area contributed by atoms with Crippen LogP contribution >= 0.6 is 0 Å². The van der Waals surface area contributed by atoms with E-state index in [1.165, 1.54) is 12.1 Å². The smallest absolute Gasteiger partial charge is 0.272 e. The number of nitrogens with one attached hydrogen (secondary N) is 1. The van der Waals surface area contributed by atoms with E-state index in [1.807, 2.05) is 0 Å². The van der Waals surface area contributed by atoms with Crippen LogP contribution in [0.15, 0.2) is 18.2 Å². The number of nitro groups is 1. The molecule has 6 heteroatoms. The second kappa shape index (κ2) is 4.44. The summed E-state index contributed by atoms with van der Waals surface area (Å²) in [6.45, 7) is 1.52. The highest BCUT2D eigenvalue weighted by Gasteiger charge is 2.19. The maximum absolute atomic E-state index is 13.4. The molecule has 0 bridgehead atoms. The number of halogens is 1. The molecule has 86 valence electrons. The van der Waals surface area contributed by atoms with Gasteiger partial charge in [0, 0.05) is 12.6 Å². The first-order valence-electron chi connectivity index (χ1n) is 4.98. The van der Waals surface area contributed by atoms with E-state index in [1.54, 1.807) is 0 Å². The number of nitro benzene ring substituents is 1. The van der Waals surface area contributed by atoms with Gasteiger partial charge in [-0.25, -0.2) is 4.39 Å². The van der Waals surface area contributed by atoms with Crippen LogP contribution in [0.2, 0.25) is 0 Å². The highest BCUT2D eigenvalue weighted by molar-refractivity contribution is 5.37. The Hall–Kier alpha value is -1.69. The first kappa shape index (κ1) is 10.8. The zero-order valence-corrected chi connectivity index (χ0v) is 8.48. The average Bonchev–Trinajstić information content (AvgIpc) is 2.73. The Labute approximate surface area is 91.4 Å². The Balaban J connectivity index is 2.12. The number of nitrogens with zero attached hydrogens (tertiary/aromatic N) is 1. The highest BCUT2D eigenvalue weighted by Crippen LogP contribution is 2.24. The number of non-ortho nitro benzene ring substituents is 1. The normalized spacial score (nSPS) is 19.7. The van der Waals surface area contributed by atoms with E-state index in [0.29, 0.717) is 6.54 Å². The molecule has 0 amide bonds. The molecule has 0 aliphatic carbocycles. The van der Waals surface area contributed by atoms with Gasteiger partial charge in [-0.15, -0.1) is 0 Å². The van der Waals surface area contributed by atoms with Gasteiger partial charge >= 0.3 is 0 Å². The summed E-state index contributed by atoms with van der Waals surface area (Å²) in [5, 5.41) is 13.5. The summed E-state index contributed by atoms with van der Waals surface area (Å²) in [5.74, 6) is -0.625. The van der Waals surface area contributed by atoms with Crippen LogP contribution in [0.3, 0.4) is 0 Å². The summed E-state index contributed by atoms with van der Waals surface area (Å²) in [4.78, 5) is 9.76. The van der Waals surface area contributed by atoms with Crippen molar-refractivity contribution in [1.82, 2.24) is 5.32 Å². The second-order valence-electron chi connectivity index (χ2n) is 3.60. The minimum atomic E-state index is -0.693. The van der Waals surface area contributed by atoms with Gasteiger partial charge in [-0.1, -0.05) is 0 Å². The van der Waals surface area contributed by atoms with Crippen LogP contribution in [0.25, 0.3) is 0 Å². The Morgan fingerprint density at radius 1 is 1.56 bits per heavy atom. The number of ether oxygens (including phenoxy) is 1. The lowest BCUT2D eigenvalue weighted by Crippen LogP contribution is -2.20. The molecule has 2 rings (SSSR count). The number of hydrogen-bond donors (Lipinski definition) is 1. The summed E-state index contributed by atoms with van der Waals surface area (Å²) in [6, 6.07) is 3.41. The Kier molecular flexibility index (Phi) is 3.00. The number of benzene rings is 1. The topological polar surface area (TPSA) is 64.4 Å². The molecule has 1 saturated heterocycles. The van der Waals surface area contributed by atoms with Gasteiger partial charge in [0.05, 0.1) is 11.0 Å².